The molecular weight excluding hydrogens is 424 g/mol. The van der Waals surface area contributed by atoms with Gasteiger partial charge in [-0.2, -0.15) is 0 Å². The van der Waals surface area contributed by atoms with Crippen molar-refractivity contribution in [2.75, 3.05) is 13.2 Å². The quantitative estimate of drug-likeness (QED) is 0.460. The molecule has 0 heterocycles. The van der Waals surface area contributed by atoms with Gasteiger partial charge in [0.15, 0.2) is 11.6 Å². The van der Waals surface area contributed by atoms with Crippen molar-refractivity contribution in [3.63, 3.8) is 0 Å². The number of hydrogen-bond donors (Lipinski definition) is 2. The van der Waals surface area contributed by atoms with Crippen LogP contribution in [0.2, 0.25) is 0 Å². The maximum atomic E-state index is 14.1. The van der Waals surface area contributed by atoms with Crippen molar-refractivity contribution in [3.8, 4) is 0 Å². The highest BCUT2D eigenvalue weighted by Gasteiger charge is 2.72. The highest BCUT2D eigenvalue weighted by atomic mass is 16.3. The molecule has 0 saturated heterocycles. The lowest BCUT2D eigenvalue weighted by Gasteiger charge is -2.49. The minimum Gasteiger partial charge on any atom is -0.389 e. The van der Waals surface area contributed by atoms with E-state index in [1.54, 1.807) is 0 Å². The normalized spacial score (nSPS) is 49.9. The Labute approximate surface area is 207 Å². The summed E-state index contributed by atoms with van der Waals surface area (Å²) in [6.45, 7) is 12.6. The van der Waals surface area contributed by atoms with E-state index in [1.165, 1.54) is 12.8 Å². The lowest BCUT2D eigenvalue weighted by molar-refractivity contribution is -0.151. The average molecular weight is 475 g/mol. The second-order valence-electron chi connectivity index (χ2n) is 12.9. The highest BCUT2D eigenvalue weighted by Crippen LogP contribution is 2.73. The summed E-state index contributed by atoms with van der Waals surface area (Å²) >= 11 is 0. The predicted molar refractivity (Wildman–Crippen MR) is 135 cm³/mol. The van der Waals surface area contributed by atoms with E-state index in [-0.39, 0.29) is 23.4 Å². The van der Waals surface area contributed by atoms with Crippen molar-refractivity contribution < 1.29 is 19.8 Å². The summed E-state index contributed by atoms with van der Waals surface area (Å²) in [6.07, 6.45) is 8.58. The summed E-state index contributed by atoms with van der Waals surface area (Å²) in [6, 6.07) is 0. The number of carbonyl (C=O) groups excluding carboxylic acids is 2. The van der Waals surface area contributed by atoms with Crippen LogP contribution < -0.4 is 0 Å². The third-order valence-corrected chi connectivity index (χ3v) is 12.3. The van der Waals surface area contributed by atoms with Crippen LogP contribution in [0.15, 0.2) is 0 Å². The first-order valence-electron chi connectivity index (χ1n) is 14.5. The van der Waals surface area contributed by atoms with Gasteiger partial charge in [0.2, 0.25) is 0 Å². The molecule has 0 bridgehead atoms. The summed E-state index contributed by atoms with van der Waals surface area (Å²) in [7, 11) is 0. The second kappa shape index (κ2) is 9.61. The van der Waals surface area contributed by atoms with Crippen LogP contribution in [0.25, 0.3) is 0 Å². The van der Waals surface area contributed by atoms with E-state index >= 15 is 0 Å². The molecule has 0 aromatic heterocycles. The largest absolute Gasteiger partial charge is 0.389 e. The number of fused-ring (bicyclic) bond motifs is 2. The first-order valence-corrected chi connectivity index (χ1v) is 14.5. The maximum Gasteiger partial charge on any atom is 0.164 e. The Morgan fingerprint density at radius 2 is 1.21 bits per heavy atom. The monoisotopic (exact) mass is 474 g/mol. The van der Waals surface area contributed by atoms with Gasteiger partial charge in [-0.05, 0) is 84.9 Å². The Kier molecular flexibility index (Phi) is 7.44. The molecule has 12 unspecified atom stereocenters. The molecule has 4 aliphatic rings. The number of rotatable bonds is 9. The van der Waals surface area contributed by atoms with E-state index in [2.05, 4.69) is 41.5 Å². The smallest absolute Gasteiger partial charge is 0.164 e. The zero-order valence-corrected chi connectivity index (χ0v) is 22.6. The number of carbonyl (C=O) groups is 2. The molecule has 0 aromatic carbocycles. The van der Waals surface area contributed by atoms with E-state index in [0.717, 1.165) is 38.5 Å². The molecule has 4 aliphatic carbocycles. The van der Waals surface area contributed by atoms with E-state index < -0.39 is 24.0 Å². The average Bonchev–Trinajstić information content (AvgIpc) is 3.55. The molecule has 4 saturated carbocycles. The Hall–Kier alpha value is -0.740. The molecule has 2 N–H and O–H groups in total. The highest BCUT2D eigenvalue weighted by molar-refractivity contribution is 5.91. The Morgan fingerprint density at radius 3 is 1.68 bits per heavy atom. The molecule has 0 amide bonds. The van der Waals surface area contributed by atoms with Crippen LogP contribution in [0.1, 0.15) is 92.9 Å². The standard InChI is InChI=1S/C30H50O4/c1-7-18-12-21(10-4)27-22(18)13-29(6,24(33)15-31)28(27)30(25(34)16-32)14-23-19(8-2)11-20(9-3)26(23)17(30)5/h17-23,26-28,31-32H,7-16H2,1-6H3. The summed E-state index contributed by atoms with van der Waals surface area (Å²) < 4.78 is 0. The fourth-order valence-electron chi connectivity index (χ4n) is 10.9. The van der Waals surface area contributed by atoms with Crippen LogP contribution in [0, 0.1) is 70.0 Å². The van der Waals surface area contributed by atoms with Crippen molar-refractivity contribution in [2.24, 2.45) is 70.0 Å². The minimum absolute atomic E-state index is 0.0171. The summed E-state index contributed by atoms with van der Waals surface area (Å²) in [5, 5.41) is 20.5. The SMILES string of the molecule is CCC1CC(CC)C2C1CC(C(=O)CO)(C1C3C(CC)CC(CC)C3CC1(C)C(=O)CO)C2C. The fraction of sp³-hybridized carbons (Fsp3) is 0.933. The number of hydrogen-bond acceptors (Lipinski definition) is 4. The third-order valence-electron chi connectivity index (χ3n) is 12.3. The first-order chi connectivity index (χ1) is 16.2. The molecule has 0 spiro atoms. The summed E-state index contributed by atoms with van der Waals surface area (Å²) in [4.78, 5) is 27.6. The van der Waals surface area contributed by atoms with Crippen molar-refractivity contribution in [1.82, 2.24) is 0 Å². The van der Waals surface area contributed by atoms with Gasteiger partial charge in [0, 0.05) is 10.8 Å². The van der Waals surface area contributed by atoms with Gasteiger partial charge in [0.05, 0.1) is 0 Å². The van der Waals surface area contributed by atoms with Crippen LogP contribution in [0.5, 0.6) is 0 Å². The lowest BCUT2D eigenvalue weighted by atomic mass is 9.52. The van der Waals surface area contributed by atoms with Crippen LogP contribution in [0.3, 0.4) is 0 Å². The zero-order chi connectivity index (χ0) is 25.0. The second-order valence-corrected chi connectivity index (χ2v) is 12.9. The Balaban J connectivity index is 1.90. The van der Waals surface area contributed by atoms with E-state index in [0.29, 0.717) is 47.3 Å². The molecule has 194 valence electrons. The molecule has 34 heavy (non-hydrogen) atoms. The molecule has 4 nitrogen and oxygen atoms in total. The van der Waals surface area contributed by atoms with Gasteiger partial charge in [-0.25, -0.2) is 0 Å². The zero-order valence-electron chi connectivity index (χ0n) is 22.6. The number of ketones is 2. The van der Waals surface area contributed by atoms with Gasteiger partial charge in [0.1, 0.15) is 13.2 Å². The van der Waals surface area contributed by atoms with E-state index in [4.69, 9.17) is 0 Å². The van der Waals surface area contributed by atoms with Gasteiger partial charge >= 0.3 is 0 Å². The number of aliphatic hydroxyl groups is 2. The van der Waals surface area contributed by atoms with Gasteiger partial charge in [-0.1, -0.05) is 67.2 Å². The Bertz CT molecular complexity index is 778. The van der Waals surface area contributed by atoms with Gasteiger partial charge in [-0.15, -0.1) is 0 Å². The molecule has 0 aromatic rings. The molecule has 4 heteroatoms. The topological polar surface area (TPSA) is 74.6 Å². The third kappa shape index (κ3) is 3.44. The number of aliphatic hydroxyl groups excluding tert-OH is 2. The molecule has 0 aliphatic heterocycles. The Morgan fingerprint density at radius 1 is 0.735 bits per heavy atom. The van der Waals surface area contributed by atoms with Crippen molar-refractivity contribution in [3.05, 3.63) is 0 Å². The van der Waals surface area contributed by atoms with Crippen molar-refractivity contribution >= 4 is 11.6 Å². The predicted octanol–water partition coefficient (Wildman–Crippen LogP) is 5.54. The van der Waals surface area contributed by atoms with Gasteiger partial charge < -0.3 is 10.2 Å². The van der Waals surface area contributed by atoms with Gasteiger partial charge in [-0.3, -0.25) is 9.59 Å². The molecule has 12 atom stereocenters. The van der Waals surface area contributed by atoms with Crippen LogP contribution in [0.4, 0.5) is 0 Å². The van der Waals surface area contributed by atoms with Crippen molar-refractivity contribution in [1.29, 1.82) is 0 Å². The van der Waals surface area contributed by atoms with Gasteiger partial charge in [0.25, 0.3) is 0 Å². The molecular formula is C30H50O4. The molecule has 0 radical (unpaired) electrons. The number of Topliss-reactive ketones (excluding diaryl/α,β-unsaturated/α-hetero) is 2. The molecule has 4 rings (SSSR count). The van der Waals surface area contributed by atoms with E-state index in [9.17, 15) is 19.8 Å². The minimum atomic E-state index is -0.688. The maximum absolute atomic E-state index is 14.1. The summed E-state index contributed by atoms with van der Waals surface area (Å²) in [5.41, 5.74) is -1.34. The first kappa shape index (κ1) is 26.3. The van der Waals surface area contributed by atoms with Crippen LogP contribution in [-0.4, -0.2) is 35.0 Å². The van der Waals surface area contributed by atoms with E-state index in [1.807, 2.05) is 0 Å². The molecule has 4 fully saturated rings. The summed E-state index contributed by atoms with van der Waals surface area (Å²) in [5.74, 6) is 4.18. The van der Waals surface area contributed by atoms with Crippen LogP contribution in [-0.2, 0) is 9.59 Å². The van der Waals surface area contributed by atoms with Crippen molar-refractivity contribution in [2.45, 2.75) is 92.9 Å². The fourth-order valence-corrected chi connectivity index (χ4v) is 10.9. The lowest BCUT2D eigenvalue weighted by Crippen LogP contribution is -2.54. The van der Waals surface area contributed by atoms with Crippen LogP contribution >= 0.6 is 0 Å².